The zero-order chi connectivity index (χ0) is 8.55. The molecular weight excluding hydrogens is 152 g/mol. The number of aromatic hydroxyl groups is 1. The molecule has 1 aromatic heterocycles. The molecule has 0 aliphatic rings. The molecule has 0 spiro atoms. The Morgan fingerprint density at radius 2 is 2.08 bits per heavy atom. The number of nitrogens with zero attached hydrogens (tertiary/aromatic N) is 1. The summed E-state index contributed by atoms with van der Waals surface area (Å²) < 4.78 is 0. The smallest absolute Gasteiger partial charge is 0.117 e. The Bertz CT molecular complexity index is 385. The second-order valence-corrected chi connectivity index (χ2v) is 2.65. The van der Waals surface area contributed by atoms with Crippen LogP contribution in [0.1, 0.15) is 0 Å². The van der Waals surface area contributed by atoms with Crippen molar-refractivity contribution in [2.45, 2.75) is 0 Å². The molecule has 0 amide bonds. The first-order chi connectivity index (χ1) is 5.75. The van der Waals surface area contributed by atoms with Crippen LogP contribution >= 0.6 is 0 Å². The molecule has 2 aromatic rings. The highest BCUT2D eigenvalue weighted by Crippen LogP contribution is 2.19. The maximum atomic E-state index is 9.13. The van der Waals surface area contributed by atoms with Crippen LogP contribution in [0.4, 0.5) is 5.69 Å². The van der Waals surface area contributed by atoms with Crippen LogP contribution in [0, 0.1) is 0 Å². The first-order valence-corrected chi connectivity index (χ1v) is 3.60. The third kappa shape index (κ3) is 1.05. The van der Waals surface area contributed by atoms with Gasteiger partial charge in [0.2, 0.25) is 0 Å². The summed E-state index contributed by atoms with van der Waals surface area (Å²) in [6.45, 7) is 0. The summed E-state index contributed by atoms with van der Waals surface area (Å²) in [4.78, 5) is 4.06. The summed E-state index contributed by atoms with van der Waals surface area (Å²) in [7, 11) is 0. The summed E-state index contributed by atoms with van der Waals surface area (Å²) in [6.07, 6.45) is 1.57. The first kappa shape index (κ1) is 6.91. The number of nitrogens with two attached hydrogens (primary N) is 1. The molecule has 0 bridgehead atoms. The molecule has 0 radical (unpaired) electrons. The Balaban J connectivity index is 2.79. The molecule has 0 saturated heterocycles. The topological polar surface area (TPSA) is 59.1 Å². The monoisotopic (exact) mass is 160 g/mol. The Labute approximate surface area is 69.5 Å². The van der Waals surface area contributed by atoms with Crippen molar-refractivity contribution in [2.75, 3.05) is 5.73 Å². The quantitative estimate of drug-likeness (QED) is 0.614. The summed E-state index contributed by atoms with van der Waals surface area (Å²) >= 11 is 0. The van der Waals surface area contributed by atoms with Gasteiger partial charge in [-0.25, -0.2) is 0 Å². The molecule has 0 atom stereocenters. The predicted molar refractivity (Wildman–Crippen MR) is 47.8 cm³/mol. The molecule has 1 aromatic carbocycles. The standard InChI is InChI=1S/C9H8N2O/c10-7-3-6-1-2-8(12)4-9(6)11-5-7/h1-5,12H,10H2. The van der Waals surface area contributed by atoms with Crippen molar-refractivity contribution in [3.8, 4) is 5.75 Å². The van der Waals surface area contributed by atoms with E-state index in [0.717, 1.165) is 10.9 Å². The number of nitrogen functional groups attached to an aromatic ring is 1. The van der Waals surface area contributed by atoms with Crippen LogP contribution in [0.5, 0.6) is 5.75 Å². The van der Waals surface area contributed by atoms with E-state index < -0.39 is 0 Å². The van der Waals surface area contributed by atoms with Crippen molar-refractivity contribution >= 4 is 16.6 Å². The zero-order valence-corrected chi connectivity index (χ0v) is 6.36. The van der Waals surface area contributed by atoms with Gasteiger partial charge in [-0.3, -0.25) is 4.98 Å². The van der Waals surface area contributed by atoms with E-state index >= 15 is 0 Å². The summed E-state index contributed by atoms with van der Waals surface area (Å²) in [5, 5.41) is 10.1. The van der Waals surface area contributed by atoms with Gasteiger partial charge in [0.25, 0.3) is 0 Å². The minimum Gasteiger partial charge on any atom is -0.508 e. The molecular formula is C9H8N2O. The molecule has 2 rings (SSSR count). The third-order valence-corrected chi connectivity index (χ3v) is 1.69. The third-order valence-electron chi connectivity index (χ3n) is 1.69. The van der Waals surface area contributed by atoms with Crippen LogP contribution in [0.25, 0.3) is 10.9 Å². The van der Waals surface area contributed by atoms with Crippen LogP contribution in [0.2, 0.25) is 0 Å². The van der Waals surface area contributed by atoms with Crippen LogP contribution < -0.4 is 5.73 Å². The number of benzene rings is 1. The summed E-state index contributed by atoms with van der Waals surface area (Å²) in [5.74, 6) is 0.222. The van der Waals surface area contributed by atoms with Gasteiger partial charge in [0, 0.05) is 11.5 Å². The molecule has 0 aliphatic heterocycles. The predicted octanol–water partition coefficient (Wildman–Crippen LogP) is 1.52. The lowest BCUT2D eigenvalue weighted by molar-refractivity contribution is 0.476. The zero-order valence-electron chi connectivity index (χ0n) is 6.36. The average Bonchev–Trinajstić information content (AvgIpc) is 2.05. The number of rotatable bonds is 0. The molecule has 0 fully saturated rings. The van der Waals surface area contributed by atoms with Gasteiger partial charge in [-0.15, -0.1) is 0 Å². The lowest BCUT2D eigenvalue weighted by Crippen LogP contribution is -1.86. The minimum absolute atomic E-state index is 0.222. The molecule has 12 heavy (non-hydrogen) atoms. The number of hydrogen-bond acceptors (Lipinski definition) is 3. The number of anilines is 1. The van der Waals surface area contributed by atoms with Gasteiger partial charge in [0.15, 0.2) is 0 Å². The Morgan fingerprint density at radius 1 is 1.25 bits per heavy atom. The fourth-order valence-corrected chi connectivity index (χ4v) is 1.13. The van der Waals surface area contributed by atoms with Gasteiger partial charge < -0.3 is 10.8 Å². The van der Waals surface area contributed by atoms with E-state index in [2.05, 4.69) is 4.98 Å². The van der Waals surface area contributed by atoms with Crippen molar-refractivity contribution in [1.29, 1.82) is 0 Å². The van der Waals surface area contributed by atoms with Gasteiger partial charge in [-0.1, -0.05) is 0 Å². The Kier molecular flexibility index (Phi) is 1.37. The SMILES string of the molecule is Nc1cnc2cc(O)ccc2c1. The van der Waals surface area contributed by atoms with Gasteiger partial charge >= 0.3 is 0 Å². The van der Waals surface area contributed by atoms with Gasteiger partial charge in [-0.2, -0.15) is 0 Å². The van der Waals surface area contributed by atoms with Gasteiger partial charge in [-0.05, 0) is 18.2 Å². The van der Waals surface area contributed by atoms with E-state index in [9.17, 15) is 0 Å². The highest BCUT2D eigenvalue weighted by Gasteiger charge is 1.95. The fourth-order valence-electron chi connectivity index (χ4n) is 1.13. The van der Waals surface area contributed by atoms with Crippen molar-refractivity contribution in [3.05, 3.63) is 30.5 Å². The lowest BCUT2D eigenvalue weighted by atomic mass is 10.2. The van der Waals surface area contributed by atoms with E-state index in [1.165, 1.54) is 0 Å². The number of hydrogen-bond donors (Lipinski definition) is 2. The maximum Gasteiger partial charge on any atom is 0.117 e. The molecule has 3 nitrogen and oxygen atoms in total. The largest absolute Gasteiger partial charge is 0.508 e. The van der Waals surface area contributed by atoms with Crippen molar-refractivity contribution in [2.24, 2.45) is 0 Å². The fraction of sp³-hybridized carbons (Fsp3) is 0. The van der Waals surface area contributed by atoms with Crippen LogP contribution in [-0.2, 0) is 0 Å². The van der Waals surface area contributed by atoms with E-state index in [1.807, 2.05) is 6.07 Å². The van der Waals surface area contributed by atoms with Gasteiger partial charge in [0.1, 0.15) is 5.75 Å². The van der Waals surface area contributed by atoms with E-state index in [-0.39, 0.29) is 5.75 Å². The normalized spacial score (nSPS) is 10.3. The van der Waals surface area contributed by atoms with E-state index in [1.54, 1.807) is 24.4 Å². The molecule has 3 heteroatoms. The number of phenols is 1. The highest BCUT2D eigenvalue weighted by molar-refractivity contribution is 5.82. The molecule has 0 unspecified atom stereocenters. The molecule has 0 saturated carbocycles. The molecule has 60 valence electrons. The molecule has 3 N–H and O–H groups in total. The number of fused-ring (bicyclic) bond motifs is 1. The second-order valence-electron chi connectivity index (χ2n) is 2.65. The highest BCUT2D eigenvalue weighted by atomic mass is 16.3. The van der Waals surface area contributed by atoms with Crippen LogP contribution in [0.3, 0.4) is 0 Å². The average molecular weight is 160 g/mol. The maximum absolute atomic E-state index is 9.13. The number of pyridine rings is 1. The van der Waals surface area contributed by atoms with Crippen molar-refractivity contribution in [1.82, 2.24) is 4.98 Å². The Morgan fingerprint density at radius 3 is 2.92 bits per heavy atom. The lowest BCUT2D eigenvalue weighted by Gasteiger charge is -1.98. The number of phenolic OH excluding ortho intramolecular Hbond substituents is 1. The van der Waals surface area contributed by atoms with Crippen LogP contribution in [-0.4, -0.2) is 10.1 Å². The number of aromatic nitrogens is 1. The van der Waals surface area contributed by atoms with Crippen LogP contribution in [0.15, 0.2) is 30.5 Å². The summed E-state index contributed by atoms with van der Waals surface area (Å²) in [6, 6.07) is 6.83. The molecule has 0 aliphatic carbocycles. The molecule has 1 heterocycles. The van der Waals surface area contributed by atoms with Crippen molar-refractivity contribution in [3.63, 3.8) is 0 Å². The van der Waals surface area contributed by atoms with Crippen molar-refractivity contribution < 1.29 is 5.11 Å². The second kappa shape index (κ2) is 2.37. The first-order valence-electron chi connectivity index (χ1n) is 3.60. The minimum atomic E-state index is 0.222. The van der Waals surface area contributed by atoms with E-state index in [0.29, 0.717) is 5.69 Å². The Hall–Kier alpha value is -1.77. The summed E-state index contributed by atoms with van der Waals surface area (Å²) in [5.41, 5.74) is 6.92. The van der Waals surface area contributed by atoms with Gasteiger partial charge in [0.05, 0.1) is 17.4 Å². The van der Waals surface area contributed by atoms with E-state index in [4.69, 9.17) is 10.8 Å².